The van der Waals surface area contributed by atoms with Gasteiger partial charge in [0.15, 0.2) is 6.61 Å². The molecule has 1 heterocycles. The van der Waals surface area contributed by atoms with Crippen LogP contribution in [-0.4, -0.2) is 47.9 Å². The number of benzene rings is 1. The first kappa shape index (κ1) is 19.1. The Kier molecular flexibility index (Phi) is 5.93. The van der Waals surface area contributed by atoms with Crippen molar-refractivity contribution < 1.29 is 19.2 Å². The van der Waals surface area contributed by atoms with Gasteiger partial charge in [-0.3, -0.25) is 14.9 Å². The molecule has 1 aromatic carbocycles. The second kappa shape index (κ2) is 8.37. The lowest BCUT2D eigenvalue weighted by Crippen LogP contribution is -2.50. The highest BCUT2D eigenvalue weighted by Crippen LogP contribution is 2.35. The number of hydrogen-bond acceptors (Lipinski definition) is 6. The van der Waals surface area contributed by atoms with Gasteiger partial charge in [-0.1, -0.05) is 12.8 Å². The van der Waals surface area contributed by atoms with E-state index in [0.717, 1.165) is 38.2 Å². The van der Waals surface area contributed by atoms with Gasteiger partial charge in [0.1, 0.15) is 5.69 Å². The van der Waals surface area contributed by atoms with Crippen LogP contribution in [0.15, 0.2) is 18.2 Å². The van der Waals surface area contributed by atoms with Crippen LogP contribution in [-0.2, 0) is 9.53 Å². The molecule has 1 N–H and O–H groups in total. The van der Waals surface area contributed by atoms with Gasteiger partial charge in [-0.25, -0.2) is 4.79 Å². The van der Waals surface area contributed by atoms with Gasteiger partial charge in [-0.15, -0.1) is 0 Å². The molecule has 8 nitrogen and oxygen atoms in total. The molecule has 0 unspecified atom stereocenters. The molecule has 1 aromatic rings. The van der Waals surface area contributed by atoms with Gasteiger partial charge < -0.3 is 15.0 Å². The molecule has 8 heteroatoms. The summed E-state index contributed by atoms with van der Waals surface area (Å²) in [4.78, 5) is 37.3. The third-order valence-electron chi connectivity index (χ3n) is 5.59. The SMILES string of the molecule is CNc1ccc(C(=O)OCC(=O)N2CCC[C@@H]3CCCC[C@@H]32)cc1[N+](=O)[O-]. The van der Waals surface area contributed by atoms with Crippen molar-refractivity contribution >= 4 is 23.3 Å². The summed E-state index contributed by atoms with van der Waals surface area (Å²) in [7, 11) is 1.57. The first-order valence-corrected chi connectivity index (χ1v) is 9.44. The summed E-state index contributed by atoms with van der Waals surface area (Å²) in [6.45, 7) is 0.378. The van der Waals surface area contributed by atoms with Crippen LogP contribution in [0.1, 0.15) is 48.9 Å². The fourth-order valence-corrected chi connectivity index (χ4v) is 4.25. The molecule has 1 aliphatic carbocycles. The Balaban J connectivity index is 1.62. The number of nitrogens with zero attached hydrogens (tertiary/aromatic N) is 2. The number of hydrogen-bond donors (Lipinski definition) is 1. The molecule has 2 fully saturated rings. The highest BCUT2D eigenvalue weighted by atomic mass is 16.6. The van der Waals surface area contributed by atoms with Gasteiger partial charge in [-0.05, 0) is 43.7 Å². The van der Waals surface area contributed by atoms with Gasteiger partial charge in [0.2, 0.25) is 0 Å². The third-order valence-corrected chi connectivity index (χ3v) is 5.59. The molecular weight excluding hydrogens is 350 g/mol. The molecule has 146 valence electrons. The number of nitrogens with one attached hydrogen (secondary N) is 1. The van der Waals surface area contributed by atoms with Gasteiger partial charge in [0.05, 0.1) is 10.5 Å². The molecule has 0 radical (unpaired) electrons. The largest absolute Gasteiger partial charge is 0.452 e. The number of nitro benzene ring substituents is 1. The van der Waals surface area contributed by atoms with E-state index in [1.807, 2.05) is 4.90 Å². The highest BCUT2D eigenvalue weighted by molar-refractivity contribution is 5.93. The maximum atomic E-state index is 12.6. The van der Waals surface area contributed by atoms with Crippen LogP contribution in [0.4, 0.5) is 11.4 Å². The Labute approximate surface area is 158 Å². The summed E-state index contributed by atoms with van der Waals surface area (Å²) in [5, 5.41) is 13.8. The van der Waals surface area contributed by atoms with E-state index in [-0.39, 0.29) is 29.8 Å². The van der Waals surface area contributed by atoms with Crippen molar-refractivity contribution in [3.8, 4) is 0 Å². The van der Waals surface area contributed by atoms with E-state index in [2.05, 4.69) is 5.32 Å². The Morgan fingerprint density at radius 3 is 2.74 bits per heavy atom. The summed E-state index contributed by atoms with van der Waals surface area (Å²) in [6, 6.07) is 4.32. The molecule has 0 spiro atoms. The lowest BCUT2D eigenvalue weighted by molar-refractivity contribution is -0.384. The fourth-order valence-electron chi connectivity index (χ4n) is 4.25. The van der Waals surface area contributed by atoms with Gasteiger partial charge in [0, 0.05) is 25.7 Å². The van der Waals surface area contributed by atoms with Crippen LogP contribution in [0.3, 0.4) is 0 Å². The first-order chi connectivity index (χ1) is 13.0. The molecule has 0 aromatic heterocycles. The number of anilines is 1. The normalized spacial score (nSPS) is 21.9. The van der Waals surface area contributed by atoms with E-state index in [1.165, 1.54) is 18.6 Å². The maximum absolute atomic E-state index is 12.6. The molecule has 3 rings (SSSR count). The predicted molar refractivity (Wildman–Crippen MR) is 99.6 cm³/mol. The summed E-state index contributed by atoms with van der Waals surface area (Å²) < 4.78 is 5.16. The van der Waals surface area contributed by atoms with Crippen LogP contribution >= 0.6 is 0 Å². The Bertz CT molecular complexity index is 734. The number of amides is 1. The molecule has 1 aliphatic heterocycles. The zero-order valence-corrected chi connectivity index (χ0v) is 15.5. The standard InChI is InChI=1S/C19H25N3O5/c1-20-15-9-8-14(11-17(15)22(25)26)19(24)27-12-18(23)21-10-4-6-13-5-2-3-7-16(13)21/h8-9,11,13,16,20H,2-7,10,12H2,1H3/t13-,16-/m0/s1. The molecule has 27 heavy (non-hydrogen) atoms. The number of fused-ring (bicyclic) bond motifs is 1. The van der Waals surface area contributed by atoms with Gasteiger partial charge in [-0.2, -0.15) is 0 Å². The number of nitro groups is 1. The second-order valence-corrected chi connectivity index (χ2v) is 7.16. The number of ether oxygens (including phenoxy) is 1. The van der Waals surface area contributed by atoms with E-state index < -0.39 is 10.9 Å². The van der Waals surface area contributed by atoms with Crippen LogP contribution < -0.4 is 5.32 Å². The summed E-state index contributed by atoms with van der Waals surface area (Å²) in [5.74, 6) is -0.350. The van der Waals surface area contributed by atoms with Crippen LogP contribution in [0, 0.1) is 16.0 Å². The van der Waals surface area contributed by atoms with Crippen LogP contribution in [0.25, 0.3) is 0 Å². The summed E-state index contributed by atoms with van der Waals surface area (Å²) in [6.07, 6.45) is 6.68. The minimum atomic E-state index is -0.730. The van der Waals surface area contributed by atoms with Crippen molar-refractivity contribution in [1.29, 1.82) is 0 Å². The van der Waals surface area contributed by atoms with Gasteiger partial charge >= 0.3 is 5.97 Å². The van der Waals surface area contributed by atoms with Crippen molar-refractivity contribution in [2.75, 3.05) is 25.5 Å². The maximum Gasteiger partial charge on any atom is 0.338 e. The Morgan fingerprint density at radius 2 is 2.00 bits per heavy atom. The van der Waals surface area contributed by atoms with E-state index >= 15 is 0 Å². The lowest BCUT2D eigenvalue weighted by Gasteiger charge is -2.44. The smallest absolute Gasteiger partial charge is 0.338 e. The third kappa shape index (κ3) is 4.20. The fraction of sp³-hybridized carbons (Fsp3) is 0.579. The zero-order valence-electron chi connectivity index (χ0n) is 15.5. The molecule has 0 bridgehead atoms. The molecule has 2 aliphatic rings. The number of carbonyl (C=O) groups excluding carboxylic acids is 2. The Hall–Kier alpha value is -2.64. The van der Waals surface area contributed by atoms with Crippen LogP contribution in [0.2, 0.25) is 0 Å². The quantitative estimate of drug-likeness (QED) is 0.482. The monoisotopic (exact) mass is 375 g/mol. The van der Waals surface area contributed by atoms with Gasteiger partial charge in [0.25, 0.3) is 11.6 Å². The predicted octanol–water partition coefficient (Wildman–Crippen LogP) is 2.97. The molecule has 1 amide bonds. The van der Waals surface area contributed by atoms with Crippen molar-refractivity contribution in [2.45, 2.75) is 44.6 Å². The second-order valence-electron chi connectivity index (χ2n) is 7.16. The van der Waals surface area contributed by atoms with E-state index in [1.54, 1.807) is 7.05 Å². The minimum Gasteiger partial charge on any atom is -0.452 e. The molecule has 1 saturated heterocycles. The van der Waals surface area contributed by atoms with E-state index in [0.29, 0.717) is 18.2 Å². The molecule has 2 atom stereocenters. The lowest BCUT2D eigenvalue weighted by atomic mass is 9.78. The van der Waals surface area contributed by atoms with Crippen molar-refractivity contribution in [1.82, 2.24) is 4.90 Å². The first-order valence-electron chi connectivity index (χ1n) is 9.44. The van der Waals surface area contributed by atoms with Crippen molar-refractivity contribution in [3.05, 3.63) is 33.9 Å². The Morgan fingerprint density at radius 1 is 1.26 bits per heavy atom. The van der Waals surface area contributed by atoms with E-state index in [9.17, 15) is 19.7 Å². The number of piperidine rings is 1. The average molecular weight is 375 g/mol. The zero-order chi connectivity index (χ0) is 19.4. The number of rotatable bonds is 5. The van der Waals surface area contributed by atoms with E-state index in [4.69, 9.17) is 4.74 Å². The van der Waals surface area contributed by atoms with Crippen molar-refractivity contribution in [2.24, 2.45) is 5.92 Å². The topological polar surface area (TPSA) is 102 Å². The minimum absolute atomic E-state index is 0.0580. The van der Waals surface area contributed by atoms with Crippen LogP contribution in [0.5, 0.6) is 0 Å². The van der Waals surface area contributed by atoms with Crippen molar-refractivity contribution in [3.63, 3.8) is 0 Å². The average Bonchev–Trinajstić information content (AvgIpc) is 2.70. The number of carbonyl (C=O) groups is 2. The highest BCUT2D eigenvalue weighted by Gasteiger charge is 2.35. The number of likely N-dealkylation sites (tertiary alicyclic amines) is 1. The number of esters is 1. The molecular formula is C19H25N3O5. The summed E-state index contributed by atoms with van der Waals surface area (Å²) >= 11 is 0. The summed E-state index contributed by atoms with van der Waals surface area (Å²) in [5.41, 5.74) is 0.159. The molecule has 1 saturated carbocycles.